The van der Waals surface area contributed by atoms with Crippen molar-refractivity contribution in [2.75, 3.05) is 12.9 Å². The summed E-state index contributed by atoms with van der Waals surface area (Å²) in [6.45, 7) is 0. The first-order valence-electron chi connectivity index (χ1n) is 6.61. The van der Waals surface area contributed by atoms with Gasteiger partial charge in [-0.15, -0.1) is 0 Å². The van der Waals surface area contributed by atoms with Crippen molar-refractivity contribution in [3.8, 4) is 5.75 Å². The van der Waals surface area contributed by atoms with Crippen molar-refractivity contribution in [1.82, 2.24) is 0 Å². The maximum absolute atomic E-state index is 12.2. The molecule has 0 radical (unpaired) electrons. The minimum absolute atomic E-state index is 0.501. The minimum atomic E-state index is -1.04. The highest BCUT2D eigenvalue weighted by molar-refractivity contribution is 7.85. The second kappa shape index (κ2) is 8.01. The molecule has 0 aliphatic carbocycles. The third-order valence-electron chi connectivity index (χ3n) is 2.99. The van der Waals surface area contributed by atoms with Gasteiger partial charge in [-0.25, -0.2) is 0 Å². The zero-order valence-electron chi connectivity index (χ0n) is 11.8. The van der Waals surface area contributed by atoms with E-state index in [2.05, 4.69) is 0 Å². The number of halogens is 1. The van der Waals surface area contributed by atoms with Crippen molar-refractivity contribution in [3.63, 3.8) is 0 Å². The van der Waals surface area contributed by atoms with Gasteiger partial charge in [0.15, 0.2) is 0 Å². The number of methoxy groups -OCH3 is 1. The summed E-state index contributed by atoms with van der Waals surface area (Å²) in [5.74, 6) is 1.23. The molecule has 2 aromatic carbocycles. The summed E-state index contributed by atoms with van der Waals surface area (Å²) >= 11 is 5.84. The number of benzene rings is 2. The molecular weight excluding hydrogens is 304 g/mol. The average molecular weight is 321 g/mol. The second-order valence-corrected chi connectivity index (χ2v) is 6.43. The Kier molecular flexibility index (Phi) is 6.03. The molecule has 0 aliphatic rings. The summed E-state index contributed by atoms with van der Waals surface area (Å²) in [6, 6.07) is 15.1. The molecule has 0 amide bonds. The Morgan fingerprint density at radius 3 is 2.62 bits per heavy atom. The standard InChI is InChI=1S/C17H17ClO2S/c1-20-16-6-4-7-17(13-16)21(19)12-3-2-5-14-8-10-15(18)11-9-14/h2-4,6-11,13H,5,12H2,1H3. The lowest BCUT2D eigenvalue weighted by atomic mass is 10.1. The van der Waals surface area contributed by atoms with Crippen LogP contribution in [0.4, 0.5) is 0 Å². The minimum Gasteiger partial charge on any atom is -0.497 e. The van der Waals surface area contributed by atoms with Gasteiger partial charge in [0.25, 0.3) is 0 Å². The normalized spacial score (nSPS) is 12.5. The zero-order valence-corrected chi connectivity index (χ0v) is 13.4. The fourth-order valence-electron chi connectivity index (χ4n) is 1.83. The molecule has 4 heteroatoms. The fraction of sp³-hybridized carbons (Fsp3) is 0.176. The van der Waals surface area contributed by atoms with Gasteiger partial charge in [0, 0.05) is 15.7 Å². The lowest BCUT2D eigenvalue weighted by Crippen LogP contribution is -1.96. The van der Waals surface area contributed by atoms with Gasteiger partial charge in [-0.05, 0) is 42.3 Å². The molecule has 2 aromatic rings. The van der Waals surface area contributed by atoms with E-state index in [1.807, 2.05) is 60.7 Å². The van der Waals surface area contributed by atoms with Crippen LogP contribution in [0.25, 0.3) is 0 Å². The van der Waals surface area contributed by atoms with Crippen LogP contribution in [-0.2, 0) is 17.2 Å². The van der Waals surface area contributed by atoms with Crippen LogP contribution in [0.2, 0.25) is 5.02 Å². The Morgan fingerprint density at radius 1 is 1.14 bits per heavy atom. The predicted octanol–water partition coefficient (Wildman–Crippen LogP) is 4.26. The van der Waals surface area contributed by atoms with Gasteiger partial charge in [0.05, 0.1) is 17.9 Å². The third kappa shape index (κ3) is 5.03. The van der Waals surface area contributed by atoms with Gasteiger partial charge >= 0.3 is 0 Å². The number of hydrogen-bond acceptors (Lipinski definition) is 2. The molecule has 0 aromatic heterocycles. The monoisotopic (exact) mass is 320 g/mol. The van der Waals surface area contributed by atoms with Gasteiger partial charge < -0.3 is 4.74 Å². The Hall–Kier alpha value is -1.58. The lowest BCUT2D eigenvalue weighted by molar-refractivity contribution is 0.413. The van der Waals surface area contributed by atoms with Gasteiger partial charge in [-0.2, -0.15) is 0 Å². The van der Waals surface area contributed by atoms with Crippen molar-refractivity contribution in [2.24, 2.45) is 0 Å². The van der Waals surface area contributed by atoms with Crippen LogP contribution in [0.5, 0.6) is 5.75 Å². The van der Waals surface area contributed by atoms with E-state index in [-0.39, 0.29) is 0 Å². The summed E-state index contributed by atoms with van der Waals surface area (Å²) in [7, 11) is 0.560. The number of ether oxygens (including phenoxy) is 1. The SMILES string of the molecule is COc1cccc(S(=O)CC=CCc2ccc(Cl)cc2)c1. The molecule has 2 rings (SSSR count). The van der Waals surface area contributed by atoms with Crippen molar-refractivity contribution in [3.05, 3.63) is 71.3 Å². The number of allylic oxidation sites excluding steroid dienone is 1. The number of hydrogen-bond donors (Lipinski definition) is 0. The first-order valence-corrected chi connectivity index (χ1v) is 8.30. The molecule has 110 valence electrons. The first-order chi connectivity index (χ1) is 10.2. The van der Waals surface area contributed by atoms with E-state index in [0.29, 0.717) is 5.75 Å². The quantitative estimate of drug-likeness (QED) is 0.744. The molecule has 0 aliphatic heterocycles. The first kappa shape index (κ1) is 15.8. The van der Waals surface area contributed by atoms with Crippen molar-refractivity contribution in [2.45, 2.75) is 11.3 Å². The molecule has 0 saturated heterocycles. The van der Waals surface area contributed by atoms with Crippen molar-refractivity contribution >= 4 is 22.4 Å². The molecule has 0 saturated carbocycles. The van der Waals surface area contributed by atoms with Crippen LogP contribution in [0.3, 0.4) is 0 Å². The maximum Gasteiger partial charge on any atom is 0.120 e. The Morgan fingerprint density at radius 2 is 1.90 bits per heavy atom. The van der Waals surface area contributed by atoms with Crippen LogP contribution >= 0.6 is 11.6 Å². The maximum atomic E-state index is 12.2. The van der Waals surface area contributed by atoms with Crippen LogP contribution in [0, 0.1) is 0 Å². The topological polar surface area (TPSA) is 26.3 Å². The van der Waals surface area contributed by atoms with E-state index in [0.717, 1.165) is 22.1 Å². The van der Waals surface area contributed by atoms with Gasteiger partial charge in [0.2, 0.25) is 0 Å². The average Bonchev–Trinajstić information content (AvgIpc) is 2.53. The molecule has 1 atom stereocenters. The van der Waals surface area contributed by atoms with Gasteiger partial charge in [0.1, 0.15) is 5.75 Å². The van der Waals surface area contributed by atoms with Crippen molar-refractivity contribution < 1.29 is 8.95 Å². The van der Waals surface area contributed by atoms with Gasteiger partial charge in [-0.3, -0.25) is 4.21 Å². The predicted molar refractivity (Wildman–Crippen MR) is 88.6 cm³/mol. The Labute approximate surface area is 132 Å². The van der Waals surface area contributed by atoms with Crippen LogP contribution < -0.4 is 4.74 Å². The molecule has 21 heavy (non-hydrogen) atoms. The molecule has 0 heterocycles. The molecule has 0 N–H and O–H groups in total. The van der Waals surface area contributed by atoms with Gasteiger partial charge in [-0.1, -0.05) is 42.0 Å². The zero-order chi connectivity index (χ0) is 15.1. The lowest BCUT2D eigenvalue weighted by Gasteiger charge is -2.02. The van der Waals surface area contributed by atoms with E-state index in [1.165, 1.54) is 5.56 Å². The highest BCUT2D eigenvalue weighted by Gasteiger charge is 2.02. The van der Waals surface area contributed by atoms with Crippen LogP contribution in [0.15, 0.2) is 65.6 Å². The largest absolute Gasteiger partial charge is 0.497 e. The molecule has 1 unspecified atom stereocenters. The Balaban J connectivity index is 1.88. The summed E-state index contributed by atoms with van der Waals surface area (Å²) in [4.78, 5) is 0.783. The molecule has 2 nitrogen and oxygen atoms in total. The third-order valence-corrected chi connectivity index (χ3v) is 4.51. The molecule has 0 spiro atoms. The van der Waals surface area contributed by atoms with E-state index >= 15 is 0 Å². The van der Waals surface area contributed by atoms with E-state index in [1.54, 1.807) is 7.11 Å². The van der Waals surface area contributed by atoms with E-state index < -0.39 is 10.8 Å². The smallest absolute Gasteiger partial charge is 0.120 e. The van der Waals surface area contributed by atoms with E-state index in [9.17, 15) is 4.21 Å². The highest BCUT2D eigenvalue weighted by atomic mass is 35.5. The summed E-state index contributed by atoms with van der Waals surface area (Å²) in [5, 5.41) is 0.738. The fourth-order valence-corrected chi connectivity index (χ4v) is 2.94. The van der Waals surface area contributed by atoms with Crippen LogP contribution in [0.1, 0.15) is 5.56 Å². The molecular formula is C17H17ClO2S. The molecule has 0 bridgehead atoms. The van der Waals surface area contributed by atoms with Crippen molar-refractivity contribution in [1.29, 1.82) is 0 Å². The number of rotatable bonds is 6. The summed E-state index contributed by atoms with van der Waals surface area (Å²) in [6.07, 6.45) is 4.79. The highest BCUT2D eigenvalue weighted by Crippen LogP contribution is 2.16. The second-order valence-electron chi connectivity index (χ2n) is 4.49. The summed E-state index contributed by atoms with van der Waals surface area (Å²) in [5.41, 5.74) is 1.18. The van der Waals surface area contributed by atoms with E-state index in [4.69, 9.17) is 16.3 Å². The van der Waals surface area contributed by atoms with Crippen LogP contribution in [-0.4, -0.2) is 17.1 Å². The molecule has 0 fully saturated rings. The summed E-state index contributed by atoms with van der Waals surface area (Å²) < 4.78 is 17.3. The Bertz CT molecular complexity index is 635.